The number of benzene rings is 1. The van der Waals surface area contributed by atoms with E-state index in [9.17, 15) is 14.9 Å². The van der Waals surface area contributed by atoms with Crippen LogP contribution in [0.4, 0.5) is 11.6 Å². The highest BCUT2D eigenvalue weighted by atomic mass is 16.6. The topological polar surface area (TPSA) is 128 Å². The molecule has 0 fully saturated rings. The lowest BCUT2D eigenvalue weighted by atomic mass is 10.2. The molecular formula is C20H20N6O5. The Bertz CT molecular complexity index is 1350. The molecule has 1 aromatic carbocycles. The first-order valence-electron chi connectivity index (χ1n) is 9.48. The van der Waals surface area contributed by atoms with Gasteiger partial charge in [-0.05, 0) is 24.0 Å². The van der Waals surface area contributed by atoms with Crippen molar-refractivity contribution in [2.75, 3.05) is 25.7 Å². The number of nitrogens with zero attached hydrogens (tertiary/aromatic N) is 5. The average Bonchev–Trinajstić information content (AvgIpc) is 3.16. The van der Waals surface area contributed by atoms with Crippen LogP contribution < -0.4 is 19.9 Å². The molecule has 11 nitrogen and oxygen atoms in total. The molecule has 0 radical (unpaired) electrons. The van der Waals surface area contributed by atoms with Crippen LogP contribution in [-0.4, -0.2) is 45.0 Å². The maximum absolute atomic E-state index is 12.7. The van der Waals surface area contributed by atoms with Crippen molar-refractivity contribution in [1.82, 2.24) is 19.4 Å². The fourth-order valence-electron chi connectivity index (χ4n) is 3.46. The third-order valence-electron chi connectivity index (χ3n) is 4.94. The molecule has 0 aliphatic carbocycles. The minimum atomic E-state index is -0.467. The number of anilines is 1. The highest BCUT2D eigenvalue weighted by Gasteiger charge is 2.27. The van der Waals surface area contributed by atoms with E-state index < -0.39 is 4.92 Å². The van der Waals surface area contributed by atoms with Gasteiger partial charge in [-0.1, -0.05) is 6.07 Å². The highest BCUT2D eigenvalue weighted by molar-refractivity contribution is 5.81. The predicted molar refractivity (Wildman–Crippen MR) is 114 cm³/mol. The van der Waals surface area contributed by atoms with Crippen molar-refractivity contribution in [3.05, 3.63) is 62.8 Å². The van der Waals surface area contributed by atoms with Crippen molar-refractivity contribution in [3.8, 4) is 11.5 Å². The monoisotopic (exact) mass is 424 g/mol. The SMILES string of the molecule is CCN(Cc1nc2cc(OC)c(OC)cc2c(=O)[nH]1)c1nc2ccccn2c1[N+](=O)[O-]. The number of aromatic amines is 1. The summed E-state index contributed by atoms with van der Waals surface area (Å²) in [5.74, 6) is 1.27. The van der Waals surface area contributed by atoms with Gasteiger partial charge in [0.05, 0.1) is 37.9 Å². The van der Waals surface area contributed by atoms with Crippen molar-refractivity contribution in [1.29, 1.82) is 0 Å². The summed E-state index contributed by atoms with van der Waals surface area (Å²) in [6.45, 7) is 2.39. The van der Waals surface area contributed by atoms with Crippen LogP contribution in [0.15, 0.2) is 41.3 Å². The van der Waals surface area contributed by atoms with Crippen LogP contribution >= 0.6 is 0 Å². The maximum atomic E-state index is 12.7. The molecule has 0 spiro atoms. The van der Waals surface area contributed by atoms with Gasteiger partial charge in [-0.25, -0.2) is 4.98 Å². The Morgan fingerprint density at radius 1 is 1.19 bits per heavy atom. The Hall–Kier alpha value is -4.15. The van der Waals surface area contributed by atoms with E-state index in [0.717, 1.165) is 0 Å². The summed E-state index contributed by atoms with van der Waals surface area (Å²) in [6, 6.07) is 8.34. The molecule has 3 heterocycles. The number of hydrogen-bond donors (Lipinski definition) is 1. The summed E-state index contributed by atoms with van der Waals surface area (Å²) >= 11 is 0. The number of imidazole rings is 1. The molecule has 0 saturated carbocycles. The Kier molecular flexibility index (Phi) is 5.15. The lowest BCUT2D eigenvalue weighted by Gasteiger charge is -2.19. The van der Waals surface area contributed by atoms with Crippen LogP contribution in [0.3, 0.4) is 0 Å². The van der Waals surface area contributed by atoms with Gasteiger partial charge in [-0.3, -0.25) is 4.79 Å². The maximum Gasteiger partial charge on any atom is 0.372 e. The number of methoxy groups -OCH3 is 2. The first-order valence-corrected chi connectivity index (χ1v) is 9.48. The van der Waals surface area contributed by atoms with E-state index in [4.69, 9.17) is 9.47 Å². The number of fused-ring (bicyclic) bond motifs is 2. The van der Waals surface area contributed by atoms with Gasteiger partial charge >= 0.3 is 5.82 Å². The molecule has 11 heteroatoms. The van der Waals surface area contributed by atoms with E-state index in [1.165, 1.54) is 18.6 Å². The number of ether oxygens (including phenoxy) is 2. The summed E-state index contributed by atoms with van der Waals surface area (Å²) in [5, 5.41) is 12.1. The zero-order valence-electron chi connectivity index (χ0n) is 17.2. The molecule has 4 aromatic rings. The van der Waals surface area contributed by atoms with Crippen molar-refractivity contribution in [2.24, 2.45) is 0 Å². The summed E-state index contributed by atoms with van der Waals surface area (Å²) < 4.78 is 12.0. The molecule has 0 atom stereocenters. The van der Waals surface area contributed by atoms with Crippen LogP contribution in [-0.2, 0) is 6.54 Å². The number of rotatable bonds is 7. The molecule has 0 aliphatic heterocycles. The van der Waals surface area contributed by atoms with E-state index in [2.05, 4.69) is 15.0 Å². The van der Waals surface area contributed by atoms with E-state index >= 15 is 0 Å². The Morgan fingerprint density at radius 2 is 1.94 bits per heavy atom. The van der Waals surface area contributed by atoms with Crippen molar-refractivity contribution >= 4 is 28.2 Å². The number of H-pyrrole nitrogens is 1. The Balaban J connectivity index is 1.79. The van der Waals surface area contributed by atoms with Gasteiger partial charge < -0.3 is 29.5 Å². The molecule has 31 heavy (non-hydrogen) atoms. The lowest BCUT2D eigenvalue weighted by Crippen LogP contribution is -2.26. The Labute approximate surface area is 176 Å². The number of pyridine rings is 1. The fourth-order valence-corrected chi connectivity index (χ4v) is 3.46. The Morgan fingerprint density at radius 3 is 2.61 bits per heavy atom. The van der Waals surface area contributed by atoms with Crippen LogP contribution in [0.5, 0.6) is 11.5 Å². The van der Waals surface area contributed by atoms with E-state index in [1.54, 1.807) is 41.4 Å². The third-order valence-corrected chi connectivity index (χ3v) is 4.94. The van der Waals surface area contributed by atoms with Gasteiger partial charge in [0, 0.05) is 18.7 Å². The second-order valence-corrected chi connectivity index (χ2v) is 6.70. The highest BCUT2D eigenvalue weighted by Crippen LogP contribution is 2.31. The van der Waals surface area contributed by atoms with Crippen molar-refractivity contribution < 1.29 is 14.4 Å². The van der Waals surface area contributed by atoms with Gasteiger partial charge in [0.15, 0.2) is 11.5 Å². The van der Waals surface area contributed by atoms with Gasteiger partial charge in [0.1, 0.15) is 5.82 Å². The second-order valence-electron chi connectivity index (χ2n) is 6.70. The van der Waals surface area contributed by atoms with Gasteiger partial charge in [-0.2, -0.15) is 9.38 Å². The fraction of sp³-hybridized carbons (Fsp3) is 0.250. The smallest absolute Gasteiger partial charge is 0.372 e. The molecule has 0 unspecified atom stereocenters. The first-order chi connectivity index (χ1) is 15.0. The van der Waals surface area contributed by atoms with Crippen LogP contribution in [0, 0.1) is 10.1 Å². The zero-order chi connectivity index (χ0) is 22.1. The molecule has 4 rings (SSSR count). The molecule has 0 amide bonds. The number of aromatic nitrogens is 4. The number of hydrogen-bond acceptors (Lipinski definition) is 8. The quantitative estimate of drug-likeness (QED) is 0.354. The first kappa shape index (κ1) is 20.1. The van der Waals surface area contributed by atoms with E-state index in [0.29, 0.717) is 40.4 Å². The predicted octanol–water partition coefficient (Wildman–Crippen LogP) is 2.52. The number of nitro groups is 1. The largest absolute Gasteiger partial charge is 0.493 e. The summed E-state index contributed by atoms with van der Waals surface area (Å²) in [5.41, 5.74) is 0.540. The summed E-state index contributed by atoms with van der Waals surface area (Å²) in [6.07, 6.45) is 1.59. The second kappa shape index (κ2) is 7.94. The normalized spacial score (nSPS) is 11.1. The van der Waals surface area contributed by atoms with E-state index in [-0.39, 0.29) is 23.7 Å². The zero-order valence-corrected chi connectivity index (χ0v) is 17.2. The molecule has 160 valence electrons. The molecule has 0 bridgehead atoms. The van der Waals surface area contributed by atoms with Crippen LogP contribution in [0.25, 0.3) is 16.6 Å². The van der Waals surface area contributed by atoms with E-state index in [1.807, 2.05) is 6.92 Å². The van der Waals surface area contributed by atoms with Gasteiger partial charge in [0.2, 0.25) is 11.5 Å². The molecular weight excluding hydrogens is 404 g/mol. The molecule has 0 saturated heterocycles. The molecule has 1 N–H and O–H groups in total. The average molecular weight is 424 g/mol. The van der Waals surface area contributed by atoms with Crippen LogP contribution in [0.1, 0.15) is 12.7 Å². The number of nitrogens with one attached hydrogen (secondary N) is 1. The van der Waals surface area contributed by atoms with Gasteiger partial charge in [0.25, 0.3) is 5.56 Å². The van der Waals surface area contributed by atoms with Crippen LogP contribution in [0.2, 0.25) is 0 Å². The minimum Gasteiger partial charge on any atom is -0.493 e. The molecule has 0 aliphatic rings. The lowest BCUT2D eigenvalue weighted by molar-refractivity contribution is -0.389. The van der Waals surface area contributed by atoms with Gasteiger partial charge in [-0.15, -0.1) is 0 Å². The van der Waals surface area contributed by atoms with Crippen molar-refractivity contribution in [3.63, 3.8) is 0 Å². The molecule has 3 aromatic heterocycles. The third kappa shape index (κ3) is 3.50. The standard InChI is InChI=1S/C20H20N6O5/c1-4-24(18-20(26(28)29)25-8-6-5-7-17(25)23-18)11-16-21-13-10-15(31-3)14(30-2)9-12(13)19(27)22-16/h5-10H,4,11H2,1-3H3,(H,21,22,27). The summed E-state index contributed by atoms with van der Waals surface area (Å²) in [4.78, 5) is 37.3. The summed E-state index contributed by atoms with van der Waals surface area (Å²) in [7, 11) is 2.99. The van der Waals surface area contributed by atoms with Crippen molar-refractivity contribution in [2.45, 2.75) is 13.5 Å². The minimum absolute atomic E-state index is 0.126.